The van der Waals surface area contributed by atoms with Gasteiger partial charge in [-0.3, -0.25) is 4.79 Å². The average Bonchev–Trinajstić information content (AvgIpc) is 2.77. The minimum absolute atomic E-state index is 0.0584. The van der Waals surface area contributed by atoms with Crippen LogP contribution in [0.5, 0.6) is 0 Å². The molecule has 0 saturated carbocycles. The molecule has 1 unspecified atom stereocenters. The van der Waals surface area contributed by atoms with Crippen molar-refractivity contribution in [3.05, 3.63) is 17.5 Å². The molecule has 1 aromatic rings. The van der Waals surface area contributed by atoms with Crippen LogP contribution in [0.1, 0.15) is 34.4 Å². The van der Waals surface area contributed by atoms with E-state index in [9.17, 15) is 9.59 Å². The number of aromatic nitrogens is 1. The predicted molar refractivity (Wildman–Crippen MR) is 56.9 cm³/mol. The fourth-order valence-electron chi connectivity index (χ4n) is 1.21. The van der Waals surface area contributed by atoms with E-state index in [4.69, 9.17) is 9.84 Å². The lowest BCUT2D eigenvalue weighted by atomic mass is 10.2. The van der Waals surface area contributed by atoms with Crippen molar-refractivity contribution in [2.45, 2.75) is 19.4 Å². The molecular formula is C10H14N2O5. The van der Waals surface area contributed by atoms with E-state index in [0.717, 1.165) is 6.07 Å². The molecule has 0 aliphatic rings. The lowest BCUT2D eigenvalue weighted by Gasteiger charge is -2.14. The Labute approximate surface area is 97.7 Å². The number of hydrogen-bond donors (Lipinski definition) is 2. The first-order valence-corrected chi connectivity index (χ1v) is 5.08. The highest BCUT2D eigenvalue weighted by atomic mass is 16.5. The summed E-state index contributed by atoms with van der Waals surface area (Å²) in [6.07, 6.45) is 0.698. The third-order valence-electron chi connectivity index (χ3n) is 2.15. The van der Waals surface area contributed by atoms with Crippen molar-refractivity contribution in [1.82, 2.24) is 10.5 Å². The number of methoxy groups -OCH3 is 1. The Morgan fingerprint density at radius 3 is 2.82 bits per heavy atom. The van der Waals surface area contributed by atoms with Crippen LogP contribution in [0.25, 0.3) is 0 Å². The number of carboxylic acids is 1. The molecule has 0 fully saturated rings. The number of amides is 1. The summed E-state index contributed by atoms with van der Waals surface area (Å²) in [6.45, 7) is 2.28. The van der Waals surface area contributed by atoms with Crippen LogP contribution in [0, 0.1) is 0 Å². The van der Waals surface area contributed by atoms with Crippen LogP contribution < -0.4 is 5.32 Å². The molecule has 0 aromatic carbocycles. The van der Waals surface area contributed by atoms with Crippen LogP contribution in [0.15, 0.2) is 10.6 Å². The molecule has 17 heavy (non-hydrogen) atoms. The molecule has 1 aromatic heterocycles. The van der Waals surface area contributed by atoms with E-state index in [0.29, 0.717) is 13.0 Å². The third-order valence-corrected chi connectivity index (χ3v) is 2.15. The van der Waals surface area contributed by atoms with Crippen molar-refractivity contribution in [3.63, 3.8) is 0 Å². The van der Waals surface area contributed by atoms with E-state index in [1.807, 2.05) is 6.92 Å². The van der Waals surface area contributed by atoms with Crippen molar-refractivity contribution in [2.75, 3.05) is 13.7 Å². The van der Waals surface area contributed by atoms with Crippen molar-refractivity contribution < 1.29 is 24.0 Å². The van der Waals surface area contributed by atoms with E-state index < -0.39 is 11.9 Å². The van der Waals surface area contributed by atoms with Crippen molar-refractivity contribution in [3.8, 4) is 0 Å². The summed E-state index contributed by atoms with van der Waals surface area (Å²) >= 11 is 0. The zero-order chi connectivity index (χ0) is 12.8. The number of nitrogens with zero attached hydrogens (tertiary/aromatic N) is 1. The van der Waals surface area contributed by atoms with Gasteiger partial charge in [0.1, 0.15) is 0 Å². The van der Waals surface area contributed by atoms with Gasteiger partial charge in [0, 0.05) is 13.2 Å². The number of hydrogen-bond acceptors (Lipinski definition) is 5. The second kappa shape index (κ2) is 6.00. The Morgan fingerprint density at radius 2 is 2.35 bits per heavy atom. The normalized spacial score (nSPS) is 12.1. The van der Waals surface area contributed by atoms with Gasteiger partial charge < -0.3 is 19.7 Å². The summed E-state index contributed by atoms with van der Waals surface area (Å²) < 4.78 is 9.40. The minimum Gasteiger partial charge on any atom is -0.475 e. The second-order valence-electron chi connectivity index (χ2n) is 3.42. The van der Waals surface area contributed by atoms with Crippen LogP contribution in [0.2, 0.25) is 0 Å². The number of aromatic carboxylic acids is 1. The fraction of sp³-hybridized carbons (Fsp3) is 0.500. The molecule has 1 atom stereocenters. The SMILES string of the molecule is CCC(COC)NC(=O)c1cc(C(=O)O)on1. The fourth-order valence-corrected chi connectivity index (χ4v) is 1.21. The van der Waals surface area contributed by atoms with E-state index in [-0.39, 0.29) is 17.5 Å². The van der Waals surface area contributed by atoms with Crippen LogP contribution in [-0.4, -0.2) is 41.9 Å². The van der Waals surface area contributed by atoms with Crippen molar-refractivity contribution in [2.24, 2.45) is 0 Å². The molecule has 0 saturated heterocycles. The molecule has 0 spiro atoms. The Hall–Kier alpha value is -1.89. The smallest absolute Gasteiger partial charge is 0.374 e. The third kappa shape index (κ3) is 3.56. The highest BCUT2D eigenvalue weighted by molar-refractivity contribution is 5.94. The van der Waals surface area contributed by atoms with Crippen LogP contribution in [0.3, 0.4) is 0 Å². The maximum atomic E-state index is 11.6. The number of carbonyl (C=O) groups is 2. The average molecular weight is 242 g/mol. The first-order chi connectivity index (χ1) is 8.08. The molecule has 2 N–H and O–H groups in total. The Morgan fingerprint density at radius 1 is 1.65 bits per heavy atom. The molecule has 1 amide bonds. The first kappa shape index (κ1) is 13.2. The first-order valence-electron chi connectivity index (χ1n) is 5.08. The topological polar surface area (TPSA) is 102 Å². The summed E-state index contributed by atoms with van der Waals surface area (Å²) in [5.74, 6) is -2.11. The van der Waals surface area contributed by atoms with Gasteiger partial charge in [-0.05, 0) is 6.42 Å². The maximum absolute atomic E-state index is 11.6. The summed E-state index contributed by atoms with van der Waals surface area (Å²) in [5.41, 5.74) is -0.0584. The second-order valence-corrected chi connectivity index (χ2v) is 3.42. The quantitative estimate of drug-likeness (QED) is 0.754. The summed E-state index contributed by atoms with van der Waals surface area (Å²) in [6, 6.07) is 0.939. The zero-order valence-electron chi connectivity index (χ0n) is 9.60. The number of carboxylic acid groups (broad SMARTS) is 1. The van der Waals surface area contributed by atoms with E-state index in [2.05, 4.69) is 15.0 Å². The lowest BCUT2D eigenvalue weighted by Crippen LogP contribution is -2.37. The van der Waals surface area contributed by atoms with Gasteiger partial charge >= 0.3 is 5.97 Å². The molecule has 0 aliphatic heterocycles. The van der Waals surface area contributed by atoms with E-state index >= 15 is 0 Å². The molecule has 0 bridgehead atoms. The molecule has 7 heteroatoms. The van der Waals surface area contributed by atoms with Crippen molar-refractivity contribution in [1.29, 1.82) is 0 Å². The molecule has 1 heterocycles. The number of rotatable bonds is 6. The molecule has 1 rings (SSSR count). The maximum Gasteiger partial charge on any atom is 0.374 e. The van der Waals surface area contributed by atoms with Gasteiger partial charge in [-0.1, -0.05) is 12.1 Å². The van der Waals surface area contributed by atoms with Crippen LogP contribution >= 0.6 is 0 Å². The highest BCUT2D eigenvalue weighted by Gasteiger charge is 2.18. The van der Waals surface area contributed by atoms with Gasteiger partial charge in [0.05, 0.1) is 12.6 Å². The molecule has 94 valence electrons. The molecular weight excluding hydrogens is 228 g/mol. The number of nitrogens with one attached hydrogen (secondary N) is 1. The van der Waals surface area contributed by atoms with Gasteiger partial charge in [-0.2, -0.15) is 0 Å². The Bertz CT molecular complexity index is 401. The summed E-state index contributed by atoms with van der Waals surface area (Å²) in [5, 5.41) is 14.6. The van der Waals surface area contributed by atoms with Crippen LogP contribution in [-0.2, 0) is 4.74 Å². The van der Waals surface area contributed by atoms with Gasteiger partial charge in [0.15, 0.2) is 5.69 Å². The molecule has 7 nitrogen and oxygen atoms in total. The van der Waals surface area contributed by atoms with Crippen molar-refractivity contribution >= 4 is 11.9 Å². The monoisotopic (exact) mass is 242 g/mol. The largest absolute Gasteiger partial charge is 0.475 e. The standard InChI is InChI=1S/C10H14N2O5/c1-3-6(5-16-2)11-9(13)7-4-8(10(14)15)17-12-7/h4,6H,3,5H2,1-2H3,(H,11,13)(H,14,15). The van der Waals surface area contributed by atoms with E-state index in [1.165, 1.54) is 7.11 Å². The molecule has 0 radical (unpaired) electrons. The van der Waals surface area contributed by atoms with Gasteiger partial charge in [0.25, 0.3) is 5.91 Å². The zero-order valence-corrected chi connectivity index (χ0v) is 9.60. The summed E-state index contributed by atoms with van der Waals surface area (Å²) in [4.78, 5) is 22.2. The predicted octanol–water partition coefficient (Wildman–Crippen LogP) is 0.528. The molecule has 0 aliphatic carbocycles. The van der Waals surface area contributed by atoms with E-state index in [1.54, 1.807) is 0 Å². The number of ether oxygens (including phenoxy) is 1. The lowest BCUT2D eigenvalue weighted by molar-refractivity contribution is 0.0650. The van der Waals surface area contributed by atoms with Crippen LogP contribution in [0.4, 0.5) is 0 Å². The van der Waals surface area contributed by atoms with Gasteiger partial charge in [0.2, 0.25) is 5.76 Å². The Kier molecular flexibility index (Phi) is 4.65. The highest BCUT2D eigenvalue weighted by Crippen LogP contribution is 2.04. The Balaban J connectivity index is 2.65. The minimum atomic E-state index is -1.26. The van der Waals surface area contributed by atoms with Gasteiger partial charge in [-0.15, -0.1) is 0 Å². The number of carbonyl (C=O) groups excluding carboxylic acids is 1. The van der Waals surface area contributed by atoms with Gasteiger partial charge in [-0.25, -0.2) is 4.79 Å². The summed E-state index contributed by atoms with van der Waals surface area (Å²) in [7, 11) is 1.54.